The molecule has 0 aliphatic heterocycles. The Hall–Kier alpha value is -1.48. The molecule has 1 rings (SSSR count). The van der Waals surface area contributed by atoms with Crippen molar-refractivity contribution in [2.75, 3.05) is 13.2 Å². The van der Waals surface area contributed by atoms with E-state index in [0.29, 0.717) is 6.61 Å². The summed E-state index contributed by atoms with van der Waals surface area (Å²) < 4.78 is 4.97. The molecule has 0 fully saturated rings. The van der Waals surface area contributed by atoms with Gasteiger partial charge in [-0.3, -0.25) is 9.78 Å². The van der Waals surface area contributed by atoms with Gasteiger partial charge in [0.2, 0.25) is 0 Å². The molecule has 14 heavy (non-hydrogen) atoms. The first kappa shape index (κ1) is 10.6. The predicted octanol–water partition coefficient (Wildman–Crippen LogP) is 1.70. The van der Waals surface area contributed by atoms with Crippen molar-refractivity contribution in [3.8, 4) is 0 Å². The van der Waals surface area contributed by atoms with Crippen LogP contribution in [0.5, 0.6) is 0 Å². The van der Waals surface area contributed by atoms with Gasteiger partial charge in [0.1, 0.15) is 6.61 Å². The third-order valence-corrected chi connectivity index (χ3v) is 1.62. The normalized spacial score (nSPS) is 10.6. The Morgan fingerprint density at radius 3 is 2.86 bits per heavy atom. The van der Waals surface area contributed by atoms with Gasteiger partial charge in [0.15, 0.2) is 5.78 Å². The number of carbonyl (C=O) groups is 1. The van der Waals surface area contributed by atoms with E-state index < -0.39 is 0 Å². The Morgan fingerprint density at radius 2 is 2.21 bits per heavy atom. The number of pyridine rings is 1. The second-order valence-corrected chi connectivity index (χ2v) is 2.72. The molecular weight excluding hydrogens is 178 g/mol. The lowest BCUT2D eigenvalue weighted by molar-refractivity contribution is -0.118. The number of carbonyl (C=O) groups excluding carboxylic acids is 1. The topological polar surface area (TPSA) is 39.2 Å². The fourth-order valence-corrected chi connectivity index (χ4v) is 0.914. The Morgan fingerprint density at radius 1 is 1.50 bits per heavy atom. The molecule has 0 saturated carbocycles. The van der Waals surface area contributed by atoms with E-state index in [4.69, 9.17) is 4.74 Å². The molecule has 0 unspecified atom stereocenters. The number of nitrogens with zero attached hydrogens (tertiary/aromatic N) is 1. The van der Waals surface area contributed by atoms with Crippen molar-refractivity contribution < 1.29 is 9.53 Å². The van der Waals surface area contributed by atoms with Crippen LogP contribution in [-0.2, 0) is 9.53 Å². The number of hydrogen-bond acceptors (Lipinski definition) is 3. The Bertz CT molecular complexity index is 306. The summed E-state index contributed by atoms with van der Waals surface area (Å²) in [6.07, 6.45) is 6.65. The van der Waals surface area contributed by atoms with Crippen LogP contribution in [0.25, 0.3) is 6.08 Å². The summed E-state index contributed by atoms with van der Waals surface area (Å²) in [6.45, 7) is 2.58. The van der Waals surface area contributed by atoms with Gasteiger partial charge in [-0.05, 0) is 30.7 Å². The van der Waals surface area contributed by atoms with Crippen LogP contribution >= 0.6 is 0 Å². The molecule has 1 aromatic rings. The minimum atomic E-state index is -0.0244. The summed E-state index contributed by atoms with van der Waals surface area (Å²) in [5.74, 6) is -0.0244. The van der Waals surface area contributed by atoms with E-state index in [0.717, 1.165) is 5.56 Å². The zero-order valence-electron chi connectivity index (χ0n) is 8.14. The van der Waals surface area contributed by atoms with Crippen LogP contribution in [0.1, 0.15) is 12.5 Å². The van der Waals surface area contributed by atoms with Gasteiger partial charge in [0.25, 0.3) is 0 Å². The van der Waals surface area contributed by atoms with Crippen LogP contribution in [0.4, 0.5) is 0 Å². The molecule has 0 radical (unpaired) electrons. The molecular formula is C11H13NO2. The zero-order chi connectivity index (χ0) is 10.2. The standard InChI is InChI=1S/C11H13NO2/c1-2-14-9-11(13)4-3-10-5-7-12-8-6-10/h3-8H,2,9H2,1H3. The second kappa shape index (κ2) is 6.05. The van der Waals surface area contributed by atoms with Gasteiger partial charge >= 0.3 is 0 Å². The Balaban J connectivity index is 2.44. The second-order valence-electron chi connectivity index (χ2n) is 2.72. The van der Waals surface area contributed by atoms with Crippen LogP contribution in [0.15, 0.2) is 30.6 Å². The minimum Gasteiger partial charge on any atom is -0.374 e. The van der Waals surface area contributed by atoms with Crippen molar-refractivity contribution >= 4 is 11.9 Å². The fourth-order valence-electron chi connectivity index (χ4n) is 0.914. The van der Waals surface area contributed by atoms with Gasteiger partial charge in [0, 0.05) is 19.0 Å². The summed E-state index contributed by atoms with van der Waals surface area (Å²) in [7, 11) is 0. The lowest BCUT2D eigenvalue weighted by atomic mass is 10.2. The zero-order valence-corrected chi connectivity index (χ0v) is 8.14. The first-order chi connectivity index (χ1) is 6.83. The predicted molar refractivity (Wildman–Crippen MR) is 54.8 cm³/mol. The molecule has 0 saturated heterocycles. The van der Waals surface area contributed by atoms with Crippen molar-refractivity contribution in [2.24, 2.45) is 0 Å². The summed E-state index contributed by atoms with van der Waals surface area (Å²) in [5.41, 5.74) is 0.963. The maximum atomic E-state index is 11.1. The van der Waals surface area contributed by atoms with E-state index >= 15 is 0 Å². The molecule has 0 bridgehead atoms. The molecule has 1 heterocycles. The molecule has 1 aromatic heterocycles. The maximum Gasteiger partial charge on any atom is 0.181 e. The number of ketones is 1. The molecule has 74 valence electrons. The number of hydrogen-bond donors (Lipinski definition) is 0. The highest BCUT2D eigenvalue weighted by Gasteiger charge is 1.94. The highest BCUT2D eigenvalue weighted by atomic mass is 16.5. The average molecular weight is 191 g/mol. The van der Waals surface area contributed by atoms with E-state index in [-0.39, 0.29) is 12.4 Å². The summed E-state index contributed by atoms with van der Waals surface area (Å²) in [6, 6.07) is 3.68. The van der Waals surface area contributed by atoms with Gasteiger partial charge < -0.3 is 4.74 Å². The van der Waals surface area contributed by atoms with Gasteiger partial charge in [0.05, 0.1) is 0 Å². The summed E-state index contributed by atoms with van der Waals surface area (Å²) in [5, 5.41) is 0. The highest BCUT2D eigenvalue weighted by Crippen LogP contribution is 1.98. The molecule has 3 heteroatoms. The monoisotopic (exact) mass is 191 g/mol. The van der Waals surface area contributed by atoms with E-state index in [1.54, 1.807) is 18.5 Å². The van der Waals surface area contributed by atoms with Crippen LogP contribution in [0.3, 0.4) is 0 Å². The third-order valence-electron chi connectivity index (χ3n) is 1.62. The van der Waals surface area contributed by atoms with Gasteiger partial charge in [-0.25, -0.2) is 0 Å². The summed E-state index contributed by atoms with van der Waals surface area (Å²) >= 11 is 0. The van der Waals surface area contributed by atoms with Crippen molar-refractivity contribution in [3.05, 3.63) is 36.2 Å². The van der Waals surface area contributed by atoms with Gasteiger partial charge in [-0.15, -0.1) is 0 Å². The Labute approximate surface area is 83.4 Å². The molecule has 0 aromatic carbocycles. The van der Waals surface area contributed by atoms with Crippen LogP contribution in [-0.4, -0.2) is 24.0 Å². The smallest absolute Gasteiger partial charge is 0.181 e. The molecule has 0 atom stereocenters. The average Bonchev–Trinajstić information content (AvgIpc) is 2.25. The maximum absolute atomic E-state index is 11.1. The number of aromatic nitrogens is 1. The molecule has 3 nitrogen and oxygen atoms in total. The van der Waals surface area contributed by atoms with Crippen LogP contribution < -0.4 is 0 Å². The Kier molecular flexibility index (Phi) is 4.58. The molecule has 0 aliphatic carbocycles. The van der Waals surface area contributed by atoms with Crippen molar-refractivity contribution in [1.82, 2.24) is 4.98 Å². The lowest BCUT2D eigenvalue weighted by Crippen LogP contribution is -2.04. The molecule has 0 amide bonds. The molecule has 0 aliphatic rings. The SMILES string of the molecule is CCOCC(=O)C=Cc1ccncc1. The van der Waals surface area contributed by atoms with Crippen LogP contribution in [0.2, 0.25) is 0 Å². The first-order valence-electron chi connectivity index (χ1n) is 4.51. The van der Waals surface area contributed by atoms with E-state index in [1.165, 1.54) is 6.08 Å². The summed E-state index contributed by atoms with van der Waals surface area (Å²) in [4.78, 5) is 15.0. The number of rotatable bonds is 5. The third kappa shape index (κ3) is 3.96. The quantitative estimate of drug-likeness (QED) is 0.665. The van der Waals surface area contributed by atoms with E-state index in [2.05, 4.69) is 4.98 Å². The van der Waals surface area contributed by atoms with Crippen molar-refractivity contribution in [2.45, 2.75) is 6.92 Å². The molecule has 0 N–H and O–H groups in total. The first-order valence-corrected chi connectivity index (χ1v) is 4.51. The van der Waals surface area contributed by atoms with E-state index in [9.17, 15) is 4.79 Å². The highest BCUT2D eigenvalue weighted by molar-refractivity contribution is 5.94. The van der Waals surface area contributed by atoms with E-state index in [1.807, 2.05) is 19.1 Å². The van der Waals surface area contributed by atoms with Crippen molar-refractivity contribution in [1.29, 1.82) is 0 Å². The fraction of sp³-hybridized carbons (Fsp3) is 0.273. The lowest BCUT2D eigenvalue weighted by Gasteiger charge is -1.95. The van der Waals surface area contributed by atoms with Gasteiger partial charge in [-0.2, -0.15) is 0 Å². The largest absolute Gasteiger partial charge is 0.374 e. The van der Waals surface area contributed by atoms with Crippen molar-refractivity contribution in [3.63, 3.8) is 0 Å². The minimum absolute atomic E-state index is 0.0244. The van der Waals surface area contributed by atoms with Crippen LogP contribution in [0, 0.1) is 0 Å². The van der Waals surface area contributed by atoms with Gasteiger partial charge in [-0.1, -0.05) is 6.08 Å². The molecule has 0 spiro atoms. The number of ether oxygens (including phenoxy) is 1.